The molecule has 0 fully saturated rings. The largest absolute Gasteiger partial charge is 0.497 e. The van der Waals surface area contributed by atoms with Crippen LogP contribution in [-0.2, 0) is 22.4 Å². The molecule has 0 saturated carbocycles. The van der Waals surface area contributed by atoms with Crippen LogP contribution in [-0.4, -0.2) is 37.1 Å². The molecular weight excluding hydrogens is 483 g/mol. The Morgan fingerprint density at radius 2 is 1.82 bits per heavy atom. The minimum Gasteiger partial charge on any atom is -0.497 e. The van der Waals surface area contributed by atoms with Crippen LogP contribution in [0.15, 0.2) is 84.2 Å². The predicted octanol–water partition coefficient (Wildman–Crippen LogP) is 6.89. The predicted molar refractivity (Wildman–Crippen MR) is 149 cm³/mol. The van der Waals surface area contributed by atoms with Crippen LogP contribution >= 0.6 is 0 Å². The van der Waals surface area contributed by atoms with Gasteiger partial charge in [-0.1, -0.05) is 12.2 Å². The van der Waals surface area contributed by atoms with Crippen LogP contribution in [0.4, 0.5) is 4.39 Å². The van der Waals surface area contributed by atoms with E-state index in [2.05, 4.69) is 11.6 Å². The summed E-state index contributed by atoms with van der Waals surface area (Å²) in [6.07, 6.45) is 8.69. The van der Waals surface area contributed by atoms with Gasteiger partial charge in [0.05, 0.1) is 26.8 Å². The molecule has 2 heterocycles. The lowest BCUT2D eigenvalue weighted by Crippen LogP contribution is -2.06. The number of carbonyl (C=O) groups is 1. The molecule has 0 atom stereocenters. The lowest BCUT2D eigenvalue weighted by molar-refractivity contribution is -0.112. The van der Waals surface area contributed by atoms with E-state index in [0.717, 1.165) is 33.2 Å². The zero-order chi connectivity index (χ0) is 27.8. The van der Waals surface area contributed by atoms with Gasteiger partial charge in [-0.2, -0.15) is 0 Å². The van der Waals surface area contributed by atoms with Crippen LogP contribution in [0.25, 0.3) is 22.0 Å². The molecule has 0 radical (unpaired) electrons. The standard InChI is InChI=1S/C31H33FN2O4/c1-8-27(32)26(29(9-2)36-5)14-23-22(13-19(3)12-20(4)35)18-33-28-16-30(37-6)24(15-25(23)28)21-10-11-31(38-7)34-17-21/h8-12,15-18H,1,13-14H2,2-7H3/b19-12+,27-26+,29-9+. The van der Waals surface area contributed by atoms with Crippen LogP contribution in [0.2, 0.25) is 0 Å². The van der Waals surface area contributed by atoms with E-state index in [1.54, 1.807) is 51.8 Å². The highest BCUT2D eigenvalue weighted by Gasteiger charge is 2.19. The molecule has 0 saturated heterocycles. The van der Waals surface area contributed by atoms with Gasteiger partial charge in [-0.3, -0.25) is 9.78 Å². The number of fused-ring (bicyclic) bond motifs is 1. The SMILES string of the molecule is C=C/C(F)=C(Cc1c(C/C(C)=C/C(C)=O)cnc2cc(OC)c(-c3ccc(OC)nc3)cc12)\C(=C/C)OC. The zero-order valence-corrected chi connectivity index (χ0v) is 22.7. The smallest absolute Gasteiger partial charge is 0.212 e. The molecule has 3 aromatic rings. The summed E-state index contributed by atoms with van der Waals surface area (Å²) >= 11 is 0. The fourth-order valence-corrected chi connectivity index (χ4v) is 4.43. The molecule has 0 unspecified atom stereocenters. The highest BCUT2D eigenvalue weighted by molar-refractivity contribution is 5.92. The minimum atomic E-state index is -0.472. The summed E-state index contributed by atoms with van der Waals surface area (Å²) in [7, 11) is 4.67. The number of ketones is 1. The Balaban J connectivity index is 2.34. The van der Waals surface area contributed by atoms with Crippen molar-refractivity contribution in [3.63, 3.8) is 0 Å². The molecule has 0 N–H and O–H groups in total. The first-order chi connectivity index (χ1) is 18.3. The maximum atomic E-state index is 15.1. The zero-order valence-electron chi connectivity index (χ0n) is 22.7. The van der Waals surface area contributed by atoms with E-state index in [4.69, 9.17) is 19.2 Å². The topological polar surface area (TPSA) is 70.5 Å². The minimum absolute atomic E-state index is 0.0364. The van der Waals surface area contributed by atoms with E-state index in [1.807, 2.05) is 25.1 Å². The number of methoxy groups -OCH3 is 3. The monoisotopic (exact) mass is 516 g/mol. The maximum absolute atomic E-state index is 15.1. The molecule has 1 aromatic carbocycles. The normalized spacial score (nSPS) is 12.7. The van der Waals surface area contributed by atoms with Crippen LogP contribution in [0.3, 0.4) is 0 Å². The summed E-state index contributed by atoms with van der Waals surface area (Å²) in [5, 5.41) is 0.825. The Morgan fingerprint density at radius 1 is 1.05 bits per heavy atom. The van der Waals surface area contributed by atoms with Crippen molar-refractivity contribution in [2.45, 2.75) is 33.6 Å². The van der Waals surface area contributed by atoms with E-state index in [0.29, 0.717) is 34.9 Å². The van der Waals surface area contributed by atoms with Crippen LogP contribution in [0.1, 0.15) is 31.9 Å². The fourth-order valence-electron chi connectivity index (χ4n) is 4.43. The third kappa shape index (κ3) is 6.35. The van der Waals surface area contributed by atoms with E-state index < -0.39 is 5.83 Å². The lowest BCUT2D eigenvalue weighted by Gasteiger charge is -2.18. The Morgan fingerprint density at radius 3 is 2.37 bits per heavy atom. The van der Waals surface area contributed by atoms with Gasteiger partial charge in [-0.25, -0.2) is 9.37 Å². The summed E-state index contributed by atoms with van der Waals surface area (Å²) in [5.41, 5.74) is 5.30. The molecule has 7 heteroatoms. The number of pyridine rings is 2. The fraction of sp³-hybridized carbons (Fsp3) is 0.258. The molecule has 0 amide bonds. The second-order valence-corrected chi connectivity index (χ2v) is 8.76. The van der Waals surface area contributed by atoms with Crippen LogP contribution in [0, 0.1) is 0 Å². The Bertz CT molecular complexity index is 1440. The molecule has 3 rings (SSSR count). The Hall–Kier alpha value is -4.26. The second kappa shape index (κ2) is 12.8. The molecule has 0 aliphatic carbocycles. The highest BCUT2D eigenvalue weighted by Crippen LogP contribution is 2.37. The summed E-state index contributed by atoms with van der Waals surface area (Å²) in [4.78, 5) is 20.8. The maximum Gasteiger partial charge on any atom is 0.212 e. The van der Waals surface area contributed by atoms with Gasteiger partial charge in [-0.05, 0) is 68.7 Å². The molecule has 6 nitrogen and oxygen atoms in total. The van der Waals surface area contributed by atoms with Gasteiger partial charge in [0.1, 0.15) is 17.3 Å². The van der Waals surface area contributed by atoms with Gasteiger partial charge in [0.15, 0.2) is 5.78 Å². The number of ether oxygens (including phenoxy) is 3. The Labute approximate surface area is 223 Å². The quantitative estimate of drug-likeness (QED) is 0.157. The third-order valence-corrected chi connectivity index (χ3v) is 6.17. The summed E-state index contributed by atoms with van der Waals surface area (Å²) < 4.78 is 31.5. The number of nitrogens with zero attached hydrogens (tertiary/aromatic N) is 2. The van der Waals surface area contributed by atoms with Crippen molar-refractivity contribution < 1.29 is 23.4 Å². The number of aromatic nitrogens is 2. The third-order valence-electron chi connectivity index (χ3n) is 6.17. The summed E-state index contributed by atoms with van der Waals surface area (Å²) in [6, 6.07) is 7.53. The number of carbonyl (C=O) groups excluding carboxylic acids is 1. The molecule has 0 aliphatic heterocycles. The molecule has 2 aromatic heterocycles. The van der Waals surface area contributed by atoms with Gasteiger partial charge in [0, 0.05) is 53.0 Å². The van der Waals surface area contributed by atoms with E-state index >= 15 is 4.39 Å². The molecule has 0 bridgehead atoms. The molecule has 0 spiro atoms. The number of hydrogen-bond acceptors (Lipinski definition) is 6. The first-order valence-corrected chi connectivity index (χ1v) is 12.1. The van der Waals surface area contributed by atoms with Crippen LogP contribution in [0.5, 0.6) is 11.6 Å². The van der Waals surface area contributed by atoms with Crippen molar-refractivity contribution >= 4 is 16.7 Å². The number of halogens is 1. The Kier molecular flexibility index (Phi) is 9.55. The van der Waals surface area contributed by atoms with Gasteiger partial charge in [0.25, 0.3) is 0 Å². The van der Waals surface area contributed by atoms with Crippen molar-refractivity contribution in [2.75, 3.05) is 21.3 Å². The van der Waals surface area contributed by atoms with Crippen molar-refractivity contribution in [1.82, 2.24) is 9.97 Å². The van der Waals surface area contributed by atoms with Gasteiger partial charge < -0.3 is 14.2 Å². The van der Waals surface area contributed by atoms with Gasteiger partial charge in [0.2, 0.25) is 5.88 Å². The average Bonchev–Trinajstić information content (AvgIpc) is 2.92. The number of hydrogen-bond donors (Lipinski definition) is 0. The lowest BCUT2D eigenvalue weighted by atomic mass is 9.90. The second-order valence-electron chi connectivity index (χ2n) is 8.76. The number of rotatable bonds is 11. The molecule has 38 heavy (non-hydrogen) atoms. The summed E-state index contributed by atoms with van der Waals surface area (Å²) in [5.74, 6) is 1.04. The van der Waals surface area contributed by atoms with Gasteiger partial charge >= 0.3 is 0 Å². The molecular formula is C31H33FN2O4. The van der Waals surface area contributed by atoms with Crippen molar-refractivity contribution in [3.8, 4) is 22.8 Å². The molecule has 0 aliphatic rings. The van der Waals surface area contributed by atoms with E-state index in [9.17, 15) is 4.79 Å². The average molecular weight is 517 g/mol. The van der Waals surface area contributed by atoms with Crippen molar-refractivity contribution in [1.29, 1.82) is 0 Å². The number of benzene rings is 1. The first-order valence-electron chi connectivity index (χ1n) is 12.1. The van der Waals surface area contributed by atoms with Crippen molar-refractivity contribution in [2.24, 2.45) is 0 Å². The van der Waals surface area contributed by atoms with Gasteiger partial charge in [-0.15, -0.1) is 0 Å². The number of allylic oxidation sites excluding steroid dienone is 6. The van der Waals surface area contributed by atoms with E-state index in [-0.39, 0.29) is 12.2 Å². The van der Waals surface area contributed by atoms with Crippen molar-refractivity contribution in [3.05, 3.63) is 95.3 Å². The van der Waals surface area contributed by atoms with Crippen LogP contribution < -0.4 is 9.47 Å². The summed E-state index contributed by atoms with van der Waals surface area (Å²) in [6.45, 7) is 8.82. The van der Waals surface area contributed by atoms with E-state index in [1.165, 1.54) is 20.1 Å². The first kappa shape index (κ1) is 28.3. The molecule has 198 valence electrons. The highest BCUT2D eigenvalue weighted by atomic mass is 19.1.